The molecule has 1 aliphatic carbocycles. The first-order chi connectivity index (χ1) is 14.6. The van der Waals surface area contributed by atoms with Gasteiger partial charge in [0.25, 0.3) is 10.0 Å². The number of halogens is 3. The Labute approximate surface area is 179 Å². The molecule has 2 aliphatic rings. The molecule has 31 heavy (non-hydrogen) atoms. The van der Waals surface area contributed by atoms with Crippen molar-refractivity contribution in [1.82, 2.24) is 23.8 Å². The van der Waals surface area contributed by atoms with Crippen molar-refractivity contribution in [2.75, 3.05) is 18.4 Å². The maximum Gasteiger partial charge on any atom is 0.433 e. The molecule has 4 rings (SSSR count). The summed E-state index contributed by atoms with van der Waals surface area (Å²) in [7, 11) is -2.10. The van der Waals surface area contributed by atoms with Gasteiger partial charge in [-0.2, -0.15) is 17.5 Å². The molecule has 1 aliphatic heterocycles. The maximum absolute atomic E-state index is 13.1. The van der Waals surface area contributed by atoms with Gasteiger partial charge in [0.2, 0.25) is 0 Å². The summed E-state index contributed by atoms with van der Waals surface area (Å²) in [6.45, 7) is 0.448. The minimum absolute atomic E-state index is 0.0249. The van der Waals surface area contributed by atoms with Crippen molar-refractivity contribution in [3.63, 3.8) is 0 Å². The molecule has 0 aromatic carbocycles. The molecular formula is C19H25F3N6O2S. The summed E-state index contributed by atoms with van der Waals surface area (Å²) >= 11 is 0. The van der Waals surface area contributed by atoms with Gasteiger partial charge in [-0.15, -0.1) is 0 Å². The van der Waals surface area contributed by atoms with Gasteiger partial charge in [0.15, 0.2) is 5.03 Å². The molecule has 0 radical (unpaired) electrons. The quantitative estimate of drug-likeness (QED) is 0.741. The topological polar surface area (TPSA) is 93.0 Å². The van der Waals surface area contributed by atoms with Crippen LogP contribution in [0.5, 0.6) is 0 Å². The normalized spacial score (nSPS) is 23.9. The minimum Gasteiger partial charge on any atom is -0.366 e. The summed E-state index contributed by atoms with van der Waals surface area (Å²) < 4.78 is 68.3. The van der Waals surface area contributed by atoms with E-state index < -0.39 is 21.9 Å². The standard InChI is InChI=1S/C19H25F3N6O2S/c1-27-10-18(25-12-27)31(29,30)28-8-14(13-5-3-2-4-6-13)15(9-28)26-17-7-16(19(20,21)22)23-11-24-17/h7,10-15H,2-6,8-9H2,1H3,(H,23,24,26). The van der Waals surface area contributed by atoms with Gasteiger partial charge in [0.05, 0.1) is 6.33 Å². The van der Waals surface area contributed by atoms with Crippen LogP contribution in [0.1, 0.15) is 37.8 Å². The summed E-state index contributed by atoms with van der Waals surface area (Å²) in [4.78, 5) is 11.2. The smallest absolute Gasteiger partial charge is 0.366 e. The fourth-order valence-corrected chi connectivity index (χ4v) is 6.09. The summed E-state index contributed by atoms with van der Waals surface area (Å²) in [5.74, 6) is 0.326. The molecule has 170 valence electrons. The summed E-state index contributed by atoms with van der Waals surface area (Å²) in [6.07, 6.45) is 4.44. The van der Waals surface area contributed by atoms with Crippen LogP contribution in [0.3, 0.4) is 0 Å². The van der Waals surface area contributed by atoms with E-state index in [1.807, 2.05) is 0 Å². The third kappa shape index (κ3) is 4.69. The molecule has 0 spiro atoms. The molecule has 2 aromatic heterocycles. The molecule has 2 unspecified atom stereocenters. The molecule has 12 heteroatoms. The Morgan fingerprint density at radius 1 is 1.10 bits per heavy atom. The number of nitrogens with one attached hydrogen (secondary N) is 1. The third-order valence-corrected chi connectivity index (χ3v) is 7.88. The largest absolute Gasteiger partial charge is 0.433 e. The van der Waals surface area contributed by atoms with Crippen LogP contribution in [0.15, 0.2) is 29.9 Å². The van der Waals surface area contributed by atoms with E-state index in [9.17, 15) is 21.6 Å². The van der Waals surface area contributed by atoms with E-state index >= 15 is 0 Å². The first-order valence-corrected chi connectivity index (χ1v) is 11.7. The molecule has 1 saturated carbocycles. The fraction of sp³-hybridized carbons (Fsp3) is 0.632. The zero-order chi connectivity index (χ0) is 22.2. The van der Waals surface area contributed by atoms with Gasteiger partial charge in [-0.05, 0) is 11.8 Å². The van der Waals surface area contributed by atoms with Crippen LogP contribution < -0.4 is 5.32 Å². The zero-order valence-corrected chi connectivity index (χ0v) is 17.9. The van der Waals surface area contributed by atoms with E-state index in [0.29, 0.717) is 12.5 Å². The number of rotatable bonds is 5. The van der Waals surface area contributed by atoms with Crippen molar-refractivity contribution in [1.29, 1.82) is 0 Å². The first kappa shape index (κ1) is 22.0. The third-order valence-electron chi connectivity index (χ3n) is 6.16. The van der Waals surface area contributed by atoms with Crippen LogP contribution in [-0.4, -0.2) is 51.4 Å². The number of hydrogen-bond acceptors (Lipinski definition) is 6. The van der Waals surface area contributed by atoms with Crippen molar-refractivity contribution in [2.24, 2.45) is 18.9 Å². The number of hydrogen-bond donors (Lipinski definition) is 1. The number of sulfonamides is 1. The van der Waals surface area contributed by atoms with Gasteiger partial charge < -0.3 is 9.88 Å². The second kappa shape index (κ2) is 8.38. The highest BCUT2D eigenvalue weighted by atomic mass is 32.2. The summed E-state index contributed by atoms with van der Waals surface area (Å²) in [6, 6.07) is 0.519. The second-order valence-corrected chi connectivity index (χ2v) is 10.2. The lowest BCUT2D eigenvalue weighted by Gasteiger charge is -2.31. The first-order valence-electron chi connectivity index (χ1n) is 10.3. The lowest BCUT2D eigenvalue weighted by atomic mass is 9.78. The van der Waals surface area contributed by atoms with Crippen LogP contribution in [-0.2, 0) is 23.2 Å². The molecule has 3 heterocycles. The van der Waals surface area contributed by atoms with E-state index in [0.717, 1.165) is 44.5 Å². The van der Waals surface area contributed by atoms with Crippen molar-refractivity contribution < 1.29 is 21.6 Å². The van der Waals surface area contributed by atoms with Crippen molar-refractivity contribution in [3.8, 4) is 0 Å². The predicted molar refractivity (Wildman–Crippen MR) is 106 cm³/mol. The molecule has 2 fully saturated rings. The Bertz CT molecular complexity index is 1020. The average Bonchev–Trinajstić information content (AvgIpc) is 3.36. The Kier molecular flexibility index (Phi) is 5.95. The molecule has 2 aromatic rings. The van der Waals surface area contributed by atoms with Crippen molar-refractivity contribution in [3.05, 3.63) is 30.6 Å². The van der Waals surface area contributed by atoms with E-state index in [1.54, 1.807) is 11.6 Å². The van der Waals surface area contributed by atoms with Gasteiger partial charge in [0.1, 0.15) is 17.8 Å². The van der Waals surface area contributed by atoms with Crippen molar-refractivity contribution in [2.45, 2.75) is 49.3 Å². The van der Waals surface area contributed by atoms with Gasteiger partial charge in [0, 0.05) is 38.4 Å². The molecule has 1 saturated heterocycles. The highest BCUT2D eigenvalue weighted by Gasteiger charge is 2.44. The van der Waals surface area contributed by atoms with Gasteiger partial charge in [-0.3, -0.25) is 0 Å². The van der Waals surface area contributed by atoms with E-state index in [2.05, 4.69) is 20.3 Å². The monoisotopic (exact) mass is 458 g/mol. The highest BCUT2D eigenvalue weighted by Crippen LogP contribution is 2.38. The van der Waals surface area contributed by atoms with Crippen LogP contribution >= 0.6 is 0 Å². The zero-order valence-electron chi connectivity index (χ0n) is 17.1. The van der Waals surface area contributed by atoms with Crippen LogP contribution in [0, 0.1) is 11.8 Å². The lowest BCUT2D eigenvalue weighted by Crippen LogP contribution is -2.34. The SMILES string of the molecule is Cn1cnc(S(=O)(=O)N2CC(Nc3cc(C(F)(F)F)ncn3)C(C3CCCCC3)C2)c1. The van der Waals surface area contributed by atoms with Gasteiger partial charge in [-0.1, -0.05) is 32.1 Å². The Morgan fingerprint density at radius 3 is 2.48 bits per heavy atom. The number of nitrogens with zero attached hydrogens (tertiary/aromatic N) is 5. The van der Waals surface area contributed by atoms with Crippen LogP contribution in [0.25, 0.3) is 0 Å². The lowest BCUT2D eigenvalue weighted by molar-refractivity contribution is -0.141. The summed E-state index contributed by atoms with van der Waals surface area (Å²) in [5, 5.41) is 3.05. The predicted octanol–water partition coefficient (Wildman–Crippen LogP) is 2.91. The number of alkyl halides is 3. The van der Waals surface area contributed by atoms with E-state index in [4.69, 9.17) is 0 Å². The van der Waals surface area contributed by atoms with E-state index in [1.165, 1.54) is 16.8 Å². The van der Waals surface area contributed by atoms with Crippen LogP contribution in [0.2, 0.25) is 0 Å². The number of aromatic nitrogens is 4. The molecule has 2 atom stereocenters. The minimum atomic E-state index is -4.58. The number of anilines is 1. The van der Waals surface area contributed by atoms with Gasteiger partial charge in [-0.25, -0.2) is 23.4 Å². The summed E-state index contributed by atoms with van der Waals surface area (Å²) in [5.41, 5.74) is -1.03. The van der Waals surface area contributed by atoms with Crippen LogP contribution in [0.4, 0.5) is 19.0 Å². The highest BCUT2D eigenvalue weighted by molar-refractivity contribution is 7.89. The van der Waals surface area contributed by atoms with Gasteiger partial charge >= 0.3 is 6.18 Å². The Morgan fingerprint density at radius 2 is 1.84 bits per heavy atom. The molecule has 0 bridgehead atoms. The molecule has 8 nitrogen and oxygen atoms in total. The van der Waals surface area contributed by atoms with Crippen molar-refractivity contribution >= 4 is 15.8 Å². The Hall–Kier alpha value is -2.21. The molecule has 1 N–H and O–H groups in total. The Balaban J connectivity index is 1.59. The molecule has 0 amide bonds. The average molecular weight is 459 g/mol. The number of aryl methyl sites for hydroxylation is 1. The molecular weight excluding hydrogens is 433 g/mol. The van der Waals surface area contributed by atoms with E-state index in [-0.39, 0.29) is 29.3 Å². The number of imidazole rings is 1. The maximum atomic E-state index is 13.1. The second-order valence-electron chi connectivity index (χ2n) is 8.30. The fourth-order valence-electron chi connectivity index (χ4n) is 4.62.